The largest absolute Gasteiger partial charge is 0.494 e. The van der Waals surface area contributed by atoms with Gasteiger partial charge in [0.1, 0.15) is 5.75 Å². The molecule has 0 radical (unpaired) electrons. The van der Waals surface area contributed by atoms with E-state index in [0.717, 1.165) is 20.4 Å². The Hall–Kier alpha value is -2.36. The molecule has 1 aromatic heterocycles. The quantitative estimate of drug-likeness (QED) is 0.599. The highest BCUT2D eigenvalue weighted by Gasteiger charge is 2.10. The number of rotatable bonds is 4. The number of hydrogen-bond acceptors (Lipinski definition) is 3. The second kappa shape index (κ2) is 7.68. The molecule has 0 aliphatic rings. The Balaban J connectivity index is 2.12. The zero-order valence-electron chi connectivity index (χ0n) is 13.5. The number of terminal acetylenes is 1. The van der Waals surface area contributed by atoms with Crippen LogP contribution in [0.15, 0.2) is 51.9 Å². The Labute approximate surface area is 157 Å². The summed E-state index contributed by atoms with van der Waals surface area (Å²) in [7, 11) is 0. The second-order valence-electron chi connectivity index (χ2n) is 5.16. The number of ether oxygens (including phenoxy) is 1. The molecule has 0 spiro atoms. The number of halogens is 1. The first-order valence-electron chi connectivity index (χ1n) is 7.66. The zero-order valence-corrected chi connectivity index (χ0v) is 15.9. The highest BCUT2D eigenvalue weighted by Crippen LogP contribution is 2.23. The molecule has 0 aliphatic heterocycles. The first-order valence-corrected chi connectivity index (χ1v) is 9.27. The topological polar surface area (TPSA) is 43.6 Å². The van der Waals surface area contributed by atoms with E-state index < -0.39 is 0 Å². The molecule has 0 saturated heterocycles. The van der Waals surface area contributed by atoms with Gasteiger partial charge in [-0.05, 0) is 43.3 Å². The molecule has 0 fully saturated rings. The summed E-state index contributed by atoms with van der Waals surface area (Å²) in [5, 5.41) is 0. The van der Waals surface area contributed by atoms with Gasteiger partial charge in [-0.15, -0.1) is 6.42 Å². The average Bonchev–Trinajstić information content (AvgIpc) is 2.92. The normalized spacial score (nSPS) is 11.5. The van der Waals surface area contributed by atoms with Gasteiger partial charge in [-0.2, -0.15) is 4.99 Å². The fourth-order valence-electron chi connectivity index (χ4n) is 2.41. The van der Waals surface area contributed by atoms with Crippen LogP contribution in [0.2, 0.25) is 0 Å². The van der Waals surface area contributed by atoms with Gasteiger partial charge in [-0.25, -0.2) is 0 Å². The minimum atomic E-state index is -0.302. The summed E-state index contributed by atoms with van der Waals surface area (Å²) in [6.07, 6.45) is 5.50. The molecule has 3 aromatic rings. The van der Waals surface area contributed by atoms with E-state index in [9.17, 15) is 4.79 Å². The molecule has 0 aliphatic carbocycles. The summed E-state index contributed by atoms with van der Waals surface area (Å²) < 4.78 is 9.22. The number of hydrogen-bond donors (Lipinski definition) is 0. The third-order valence-corrected chi connectivity index (χ3v) is 5.02. The van der Waals surface area contributed by atoms with E-state index in [4.69, 9.17) is 11.2 Å². The first-order chi connectivity index (χ1) is 12.1. The summed E-state index contributed by atoms with van der Waals surface area (Å²) in [4.78, 5) is 17.4. The first kappa shape index (κ1) is 17.5. The fourth-order valence-corrected chi connectivity index (χ4v) is 3.87. The van der Waals surface area contributed by atoms with Crippen molar-refractivity contribution in [2.24, 2.45) is 4.99 Å². The Morgan fingerprint density at radius 1 is 1.36 bits per heavy atom. The molecule has 1 amide bonds. The third kappa shape index (κ3) is 3.84. The smallest absolute Gasteiger partial charge is 0.279 e. The summed E-state index contributed by atoms with van der Waals surface area (Å²) in [6, 6.07) is 12.9. The van der Waals surface area contributed by atoms with Crippen molar-refractivity contribution in [2.75, 3.05) is 6.61 Å². The summed E-state index contributed by atoms with van der Waals surface area (Å²) >= 11 is 4.79. The molecule has 0 atom stereocenters. The van der Waals surface area contributed by atoms with Crippen molar-refractivity contribution < 1.29 is 9.53 Å². The minimum Gasteiger partial charge on any atom is -0.494 e. The Morgan fingerprint density at radius 2 is 2.20 bits per heavy atom. The predicted molar refractivity (Wildman–Crippen MR) is 104 cm³/mol. The van der Waals surface area contributed by atoms with E-state index in [1.807, 2.05) is 41.8 Å². The van der Waals surface area contributed by atoms with Crippen LogP contribution >= 0.6 is 27.3 Å². The minimum absolute atomic E-state index is 0.302. The van der Waals surface area contributed by atoms with Crippen molar-refractivity contribution in [3.05, 3.63) is 57.3 Å². The van der Waals surface area contributed by atoms with E-state index in [-0.39, 0.29) is 5.91 Å². The lowest BCUT2D eigenvalue weighted by Crippen LogP contribution is -2.16. The van der Waals surface area contributed by atoms with Crippen LogP contribution in [0, 0.1) is 12.3 Å². The van der Waals surface area contributed by atoms with Gasteiger partial charge >= 0.3 is 0 Å². The van der Waals surface area contributed by atoms with E-state index in [0.29, 0.717) is 23.5 Å². The molecule has 6 heteroatoms. The van der Waals surface area contributed by atoms with Gasteiger partial charge in [0.25, 0.3) is 5.91 Å². The summed E-state index contributed by atoms with van der Waals surface area (Å²) in [5.41, 5.74) is 1.46. The number of benzene rings is 2. The van der Waals surface area contributed by atoms with Crippen LogP contribution in [0.4, 0.5) is 0 Å². The summed E-state index contributed by atoms with van der Waals surface area (Å²) in [6.45, 7) is 2.88. The van der Waals surface area contributed by atoms with Gasteiger partial charge in [-0.1, -0.05) is 39.3 Å². The maximum Gasteiger partial charge on any atom is 0.279 e. The summed E-state index contributed by atoms with van der Waals surface area (Å²) in [5.74, 6) is 3.11. The highest BCUT2D eigenvalue weighted by molar-refractivity contribution is 9.10. The number of carbonyl (C=O) groups is 1. The number of carbonyl (C=O) groups excluding carboxylic acids is 1. The molecule has 2 aromatic carbocycles. The Kier molecular flexibility index (Phi) is 5.37. The molecule has 3 rings (SSSR count). The van der Waals surface area contributed by atoms with Gasteiger partial charge in [0.2, 0.25) is 0 Å². The van der Waals surface area contributed by atoms with Crippen molar-refractivity contribution in [3.8, 4) is 18.1 Å². The van der Waals surface area contributed by atoms with Crippen molar-refractivity contribution in [2.45, 2.75) is 13.5 Å². The molecule has 0 N–H and O–H groups in total. The Bertz CT molecular complexity index is 1040. The molecule has 1 heterocycles. The molecule has 0 saturated carbocycles. The van der Waals surface area contributed by atoms with Gasteiger partial charge in [0.15, 0.2) is 4.80 Å². The molecular formula is C19H15BrN2O2S. The molecule has 4 nitrogen and oxygen atoms in total. The standard InChI is InChI=1S/C19H15BrN2O2S/c1-3-10-22-16-9-8-15(24-4-2)12-17(16)25-19(22)21-18(23)13-6-5-7-14(20)11-13/h1,5-9,11-12H,4,10H2,2H3. The van der Waals surface area contributed by atoms with Crippen LogP contribution < -0.4 is 9.54 Å². The SMILES string of the molecule is C#CCn1c(=NC(=O)c2cccc(Br)c2)sc2cc(OCC)ccc21. The van der Waals surface area contributed by atoms with Crippen LogP contribution in [-0.4, -0.2) is 17.1 Å². The van der Waals surface area contributed by atoms with Crippen LogP contribution in [0.1, 0.15) is 17.3 Å². The number of thiazole rings is 1. The second-order valence-corrected chi connectivity index (χ2v) is 7.09. The number of aromatic nitrogens is 1. The average molecular weight is 415 g/mol. The number of fused-ring (bicyclic) bond motifs is 1. The van der Waals surface area contributed by atoms with Crippen LogP contribution in [0.3, 0.4) is 0 Å². The van der Waals surface area contributed by atoms with Gasteiger partial charge in [0, 0.05) is 10.0 Å². The lowest BCUT2D eigenvalue weighted by atomic mass is 10.2. The van der Waals surface area contributed by atoms with Crippen molar-refractivity contribution in [3.63, 3.8) is 0 Å². The van der Waals surface area contributed by atoms with Crippen molar-refractivity contribution >= 4 is 43.4 Å². The van der Waals surface area contributed by atoms with Gasteiger partial charge in [0.05, 0.1) is 23.4 Å². The molecule has 0 bridgehead atoms. The monoisotopic (exact) mass is 414 g/mol. The van der Waals surface area contributed by atoms with Crippen molar-refractivity contribution in [1.82, 2.24) is 4.57 Å². The predicted octanol–water partition coefficient (Wildman–Crippen LogP) is 4.24. The highest BCUT2D eigenvalue weighted by atomic mass is 79.9. The van der Waals surface area contributed by atoms with Crippen molar-refractivity contribution in [1.29, 1.82) is 0 Å². The van der Waals surface area contributed by atoms with E-state index in [1.165, 1.54) is 11.3 Å². The van der Waals surface area contributed by atoms with Gasteiger partial charge in [-0.3, -0.25) is 4.79 Å². The van der Waals surface area contributed by atoms with Crippen LogP contribution in [0.5, 0.6) is 5.75 Å². The lowest BCUT2D eigenvalue weighted by molar-refractivity contribution is 0.0998. The van der Waals surface area contributed by atoms with E-state index in [1.54, 1.807) is 12.1 Å². The van der Waals surface area contributed by atoms with E-state index >= 15 is 0 Å². The van der Waals surface area contributed by atoms with Crippen LogP contribution in [-0.2, 0) is 6.54 Å². The molecule has 126 valence electrons. The van der Waals surface area contributed by atoms with E-state index in [2.05, 4.69) is 26.8 Å². The number of amides is 1. The fraction of sp³-hybridized carbons (Fsp3) is 0.158. The zero-order chi connectivity index (χ0) is 17.8. The van der Waals surface area contributed by atoms with Crippen LogP contribution in [0.25, 0.3) is 10.2 Å². The molecule has 25 heavy (non-hydrogen) atoms. The maximum atomic E-state index is 12.5. The molecule has 0 unspecified atom stereocenters. The Morgan fingerprint density at radius 3 is 2.92 bits per heavy atom. The molecular weight excluding hydrogens is 400 g/mol. The van der Waals surface area contributed by atoms with Gasteiger partial charge < -0.3 is 9.30 Å². The lowest BCUT2D eigenvalue weighted by Gasteiger charge is -2.03. The maximum absolute atomic E-state index is 12.5. The number of nitrogens with zero attached hydrogens (tertiary/aromatic N) is 2. The third-order valence-electron chi connectivity index (χ3n) is 3.48.